The van der Waals surface area contributed by atoms with Gasteiger partial charge in [0.05, 0.1) is 24.3 Å². The highest BCUT2D eigenvalue weighted by Gasteiger charge is 2.37. The van der Waals surface area contributed by atoms with E-state index in [-0.39, 0.29) is 18.9 Å². The molecule has 1 unspecified atom stereocenters. The van der Waals surface area contributed by atoms with Gasteiger partial charge in [-0.2, -0.15) is 0 Å². The molecular weight excluding hydrogens is 374 g/mol. The van der Waals surface area contributed by atoms with Crippen molar-refractivity contribution in [1.29, 1.82) is 0 Å². The van der Waals surface area contributed by atoms with E-state index in [1.54, 1.807) is 60.5 Å². The Kier molecular flexibility index (Phi) is 4.75. The normalized spacial score (nSPS) is 18.2. The third-order valence-corrected chi connectivity index (χ3v) is 5.04. The molecule has 1 saturated heterocycles. The van der Waals surface area contributed by atoms with Crippen molar-refractivity contribution in [2.75, 3.05) is 25.1 Å². The fourth-order valence-electron chi connectivity index (χ4n) is 3.63. The number of hydrogen-bond donors (Lipinski definition) is 1. The molecule has 0 saturated carbocycles. The molecule has 0 aromatic heterocycles. The van der Waals surface area contributed by atoms with Crippen molar-refractivity contribution in [1.82, 2.24) is 10.2 Å². The summed E-state index contributed by atoms with van der Waals surface area (Å²) in [7, 11) is 1.55. The smallest absolute Gasteiger partial charge is 0.262 e. The van der Waals surface area contributed by atoms with E-state index in [9.17, 15) is 19.2 Å². The summed E-state index contributed by atoms with van der Waals surface area (Å²) in [6.45, 7) is -0.0734. The number of anilines is 1. The van der Waals surface area contributed by atoms with E-state index in [0.29, 0.717) is 29.1 Å². The number of ether oxygens (including phenoxy) is 1. The second kappa shape index (κ2) is 7.38. The van der Waals surface area contributed by atoms with Crippen LogP contribution in [-0.2, 0) is 9.59 Å². The number of amides is 4. The fourth-order valence-corrected chi connectivity index (χ4v) is 3.63. The van der Waals surface area contributed by atoms with Crippen LogP contribution < -0.4 is 15.0 Å². The zero-order chi connectivity index (χ0) is 20.5. The molecule has 8 nitrogen and oxygen atoms in total. The number of methoxy groups -OCH3 is 1. The van der Waals surface area contributed by atoms with Crippen molar-refractivity contribution in [3.63, 3.8) is 0 Å². The second-order valence-corrected chi connectivity index (χ2v) is 6.92. The zero-order valence-electron chi connectivity index (χ0n) is 15.8. The minimum absolute atomic E-state index is 0.121. The maximum atomic E-state index is 12.4. The summed E-state index contributed by atoms with van der Waals surface area (Å²) in [6, 6.07) is 13.2. The molecule has 0 spiro atoms. The summed E-state index contributed by atoms with van der Waals surface area (Å²) in [5.74, 6) is -0.940. The summed E-state index contributed by atoms with van der Waals surface area (Å²) >= 11 is 0. The summed E-state index contributed by atoms with van der Waals surface area (Å²) in [4.78, 5) is 52.1. The highest BCUT2D eigenvalue weighted by Crippen LogP contribution is 2.26. The number of carbonyl (C=O) groups is 4. The number of imide groups is 1. The Labute approximate surface area is 167 Å². The molecule has 1 N–H and O–H groups in total. The molecule has 8 heteroatoms. The Morgan fingerprint density at radius 3 is 2.41 bits per heavy atom. The van der Waals surface area contributed by atoms with Gasteiger partial charge in [0.15, 0.2) is 0 Å². The van der Waals surface area contributed by atoms with Gasteiger partial charge in [-0.3, -0.25) is 24.1 Å². The first kappa shape index (κ1) is 18.7. The van der Waals surface area contributed by atoms with E-state index in [2.05, 4.69) is 5.32 Å². The molecule has 2 heterocycles. The number of hydrogen-bond acceptors (Lipinski definition) is 5. The van der Waals surface area contributed by atoms with Gasteiger partial charge < -0.3 is 15.0 Å². The van der Waals surface area contributed by atoms with Crippen molar-refractivity contribution in [3.8, 4) is 5.75 Å². The van der Waals surface area contributed by atoms with Crippen molar-refractivity contribution in [2.45, 2.75) is 12.5 Å². The van der Waals surface area contributed by atoms with Gasteiger partial charge >= 0.3 is 0 Å². The maximum Gasteiger partial charge on any atom is 0.262 e. The third-order valence-electron chi connectivity index (χ3n) is 5.04. The largest absolute Gasteiger partial charge is 0.497 e. The number of fused-ring (bicyclic) bond motifs is 1. The van der Waals surface area contributed by atoms with Crippen LogP contribution in [0.15, 0.2) is 48.5 Å². The van der Waals surface area contributed by atoms with Crippen molar-refractivity contribution < 1.29 is 23.9 Å². The average Bonchev–Trinajstić information content (AvgIpc) is 3.21. The van der Waals surface area contributed by atoms with Gasteiger partial charge in [0.1, 0.15) is 12.3 Å². The van der Waals surface area contributed by atoms with Crippen molar-refractivity contribution in [2.24, 2.45) is 0 Å². The minimum Gasteiger partial charge on any atom is -0.497 e. The molecule has 4 rings (SSSR count). The van der Waals surface area contributed by atoms with Crippen LogP contribution in [-0.4, -0.2) is 54.8 Å². The van der Waals surface area contributed by atoms with Gasteiger partial charge in [-0.15, -0.1) is 0 Å². The molecule has 2 aliphatic heterocycles. The lowest BCUT2D eigenvalue weighted by molar-refractivity contribution is -0.122. The molecule has 4 amide bonds. The van der Waals surface area contributed by atoms with E-state index >= 15 is 0 Å². The number of rotatable bonds is 5. The van der Waals surface area contributed by atoms with E-state index in [1.165, 1.54) is 0 Å². The first-order valence-corrected chi connectivity index (χ1v) is 9.17. The third kappa shape index (κ3) is 3.44. The Hall–Kier alpha value is -3.68. The van der Waals surface area contributed by atoms with Gasteiger partial charge in [-0.1, -0.05) is 18.2 Å². The van der Waals surface area contributed by atoms with Crippen molar-refractivity contribution >= 4 is 29.3 Å². The monoisotopic (exact) mass is 393 g/mol. The molecule has 2 aromatic rings. The van der Waals surface area contributed by atoms with Crippen molar-refractivity contribution in [3.05, 3.63) is 59.7 Å². The SMILES string of the molecule is COc1cccc(N2CC(NC(=O)CN3C(=O)c4ccccc4C3=O)CC2=O)c1. The fraction of sp³-hybridized carbons (Fsp3) is 0.238. The molecule has 0 bridgehead atoms. The van der Waals surface area contributed by atoms with Gasteiger partial charge in [-0.05, 0) is 24.3 Å². The van der Waals surface area contributed by atoms with Gasteiger partial charge in [-0.25, -0.2) is 0 Å². The number of carbonyl (C=O) groups excluding carboxylic acids is 4. The molecule has 29 heavy (non-hydrogen) atoms. The molecule has 0 aliphatic carbocycles. The summed E-state index contributed by atoms with van der Waals surface area (Å²) < 4.78 is 5.19. The number of nitrogens with one attached hydrogen (secondary N) is 1. The lowest BCUT2D eigenvalue weighted by Gasteiger charge is -2.19. The Bertz CT molecular complexity index is 984. The van der Waals surface area contributed by atoms with E-state index in [1.807, 2.05) is 0 Å². The quantitative estimate of drug-likeness (QED) is 0.771. The first-order valence-electron chi connectivity index (χ1n) is 9.17. The molecule has 2 aromatic carbocycles. The van der Waals surface area contributed by atoms with Gasteiger partial charge in [0, 0.05) is 24.7 Å². The van der Waals surface area contributed by atoms with Crippen LogP contribution in [0.5, 0.6) is 5.75 Å². The van der Waals surface area contributed by atoms with E-state index < -0.39 is 23.8 Å². The molecule has 1 atom stereocenters. The Morgan fingerprint density at radius 1 is 1.07 bits per heavy atom. The Balaban J connectivity index is 1.39. The Morgan fingerprint density at radius 2 is 1.76 bits per heavy atom. The van der Waals surface area contributed by atoms with Crippen LogP contribution in [0.4, 0.5) is 5.69 Å². The summed E-state index contributed by atoms with van der Waals surface area (Å²) in [5, 5.41) is 2.75. The maximum absolute atomic E-state index is 12.4. The second-order valence-electron chi connectivity index (χ2n) is 6.92. The van der Waals surface area contributed by atoms with E-state index in [0.717, 1.165) is 4.90 Å². The van der Waals surface area contributed by atoms with Crippen LogP contribution in [0, 0.1) is 0 Å². The van der Waals surface area contributed by atoms with Crippen LogP contribution in [0.1, 0.15) is 27.1 Å². The minimum atomic E-state index is -0.485. The van der Waals surface area contributed by atoms with Crippen LogP contribution >= 0.6 is 0 Å². The van der Waals surface area contributed by atoms with Crippen LogP contribution in [0.2, 0.25) is 0 Å². The summed E-state index contributed by atoms with van der Waals surface area (Å²) in [6.07, 6.45) is 0.144. The van der Waals surface area contributed by atoms with Gasteiger partial charge in [0.25, 0.3) is 11.8 Å². The molecule has 1 fully saturated rings. The average molecular weight is 393 g/mol. The van der Waals surface area contributed by atoms with Crippen LogP contribution in [0.25, 0.3) is 0 Å². The molecule has 148 valence electrons. The number of benzene rings is 2. The topological polar surface area (TPSA) is 96.0 Å². The predicted molar refractivity (Wildman–Crippen MR) is 104 cm³/mol. The molecular formula is C21H19N3O5. The van der Waals surface area contributed by atoms with Gasteiger partial charge in [0.2, 0.25) is 11.8 Å². The standard InChI is InChI=1S/C21H19N3O5/c1-29-15-6-4-5-14(10-15)23-11-13(9-19(23)26)22-18(25)12-24-20(27)16-7-2-3-8-17(16)21(24)28/h2-8,10,13H,9,11-12H2,1H3,(H,22,25). The van der Waals surface area contributed by atoms with Crippen LogP contribution in [0.3, 0.4) is 0 Å². The predicted octanol–water partition coefficient (Wildman–Crippen LogP) is 1.21. The zero-order valence-corrected chi connectivity index (χ0v) is 15.8. The lowest BCUT2D eigenvalue weighted by Crippen LogP contribution is -2.44. The molecule has 2 aliphatic rings. The van der Waals surface area contributed by atoms with E-state index in [4.69, 9.17) is 4.74 Å². The highest BCUT2D eigenvalue weighted by atomic mass is 16.5. The highest BCUT2D eigenvalue weighted by molar-refractivity contribution is 6.22. The number of nitrogens with zero attached hydrogens (tertiary/aromatic N) is 2. The lowest BCUT2D eigenvalue weighted by atomic mass is 10.1. The summed E-state index contributed by atoms with van der Waals surface area (Å²) in [5.41, 5.74) is 1.28. The first-order chi connectivity index (χ1) is 14.0. The molecule has 0 radical (unpaired) electrons.